The van der Waals surface area contributed by atoms with E-state index in [4.69, 9.17) is 4.74 Å². The van der Waals surface area contributed by atoms with E-state index in [1.165, 1.54) is 11.2 Å². The van der Waals surface area contributed by atoms with Crippen molar-refractivity contribution in [2.75, 3.05) is 6.61 Å². The lowest BCUT2D eigenvalue weighted by Gasteiger charge is -2.35. The van der Waals surface area contributed by atoms with Crippen LogP contribution in [0.15, 0.2) is 0 Å². The zero-order chi connectivity index (χ0) is 13.0. The Labute approximate surface area is 107 Å². The van der Waals surface area contributed by atoms with E-state index in [1.54, 1.807) is 7.05 Å². The van der Waals surface area contributed by atoms with E-state index in [0.29, 0.717) is 12.4 Å². The Morgan fingerprint density at radius 1 is 1.39 bits per heavy atom. The number of ether oxygens (including phenoxy) is 1. The molecule has 0 amide bonds. The van der Waals surface area contributed by atoms with Crippen molar-refractivity contribution < 1.29 is 9.53 Å². The van der Waals surface area contributed by atoms with Crippen LogP contribution >= 0.6 is 0 Å². The second-order valence-corrected chi connectivity index (χ2v) is 4.78. The maximum atomic E-state index is 12.4. The molecule has 0 aromatic carbocycles. The molecule has 1 saturated carbocycles. The number of Topliss-reactive ketones (excluding diaryl/α,β-unsaturated/α-hetero) is 1. The lowest BCUT2D eigenvalue weighted by atomic mass is 9.80. The van der Waals surface area contributed by atoms with Gasteiger partial charge in [0.15, 0.2) is 11.6 Å². The normalized spacial score (nSPS) is 18.8. The summed E-state index contributed by atoms with van der Waals surface area (Å²) in [5, 5.41) is 11.7. The van der Waals surface area contributed by atoms with Crippen LogP contribution in [0.25, 0.3) is 0 Å². The molecule has 0 saturated heterocycles. The highest BCUT2D eigenvalue weighted by Gasteiger charge is 2.40. The SMILES string of the molecule is CCOC1(C(=O)Cc2nnn(C)n2)CCCCC1. The number of carbonyl (C=O) groups is 1. The number of aromatic nitrogens is 4. The van der Waals surface area contributed by atoms with E-state index in [9.17, 15) is 4.79 Å². The van der Waals surface area contributed by atoms with Crippen molar-refractivity contribution in [2.24, 2.45) is 7.05 Å². The number of hydrogen-bond acceptors (Lipinski definition) is 5. The summed E-state index contributed by atoms with van der Waals surface area (Å²) in [5.74, 6) is 0.573. The molecule has 0 unspecified atom stereocenters. The topological polar surface area (TPSA) is 69.9 Å². The second kappa shape index (κ2) is 5.56. The zero-order valence-electron chi connectivity index (χ0n) is 11.1. The fraction of sp³-hybridized carbons (Fsp3) is 0.833. The highest BCUT2D eigenvalue weighted by molar-refractivity contribution is 5.88. The first kappa shape index (κ1) is 13.1. The van der Waals surface area contributed by atoms with Gasteiger partial charge in [-0.3, -0.25) is 4.79 Å². The van der Waals surface area contributed by atoms with Crippen molar-refractivity contribution in [3.05, 3.63) is 5.82 Å². The summed E-state index contributed by atoms with van der Waals surface area (Å²) in [5.41, 5.74) is -0.605. The van der Waals surface area contributed by atoms with Gasteiger partial charge in [-0.25, -0.2) is 0 Å². The molecular weight excluding hydrogens is 232 g/mol. The molecule has 0 N–H and O–H groups in total. The summed E-state index contributed by atoms with van der Waals surface area (Å²) < 4.78 is 5.78. The minimum atomic E-state index is -0.605. The lowest BCUT2D eigenvalue weighted by molar-refractivity contribution is -0.148. The number of nitrogens with zero attached hydrogens (tertiary/aromatic N) is 4. The van der Waals surface area contributed by atoms with E-state index in [-0.39, 0.29) is 12.2 Å². The average Bonchev–Trinajstić information content (AvgIpc) is 2.76. The summed E-state index contributed by atoms with van der Waals surface area (Å²) in [6.45, 7) is 2.50. The molecular formula is C12H20N4O2. The van der Waals surface area contributed by atoms with Crippen molar-refractivity contribution in [2.45, 2.75) is 51.0 Å². The molecule has 0 bridgehead atoms. The van der Waals surface area contributed by atoms with Crippen LogP contribution in [0.5, 0.6) is 0 Å². The van der Waals surface area contributed by atoms with Gasteiger partial charge in [-0.15, -0.1) is 10.2 Å². The minimum Gasteiger partial charge on any atom is -0.367 e. The summed E-state index contributed by atoms with van der Waals surface area (Å²) in [6, 6.07) is 0. The third-order valence-electron chi connectivity index (χ3n) is 3.46. The quantitative estimate of drug-likeness (QED) is 0.783. The van der Waals surface area contributed by atoms with Gasteiger partial charge < -0.3 is 4.74 Å². The Hall–Kier alpha value is -1.30. The van der Waals surface area contributed by atoms with Crippen molar-refractivity contribution in [1.82, 2.24) is 20.2 Å². The first-order chi connectivity index (χ1) is 8.66. The summed E-state index contributed by atoms with van der Waals surface area (Å²) in [4.78, 5) is 13.8. The standard InChI is InChI=1S/C12H20N4O2/c1-3-18-12(7-5-4-6-8-12)10(17)9-11-13-15-16(2)14-11/h3-9H2,1-2H3. The maximum Gasteiger partial charge on any atom is 0.182 e. The molecule has 0 aliphatic heterocycles. The fourth-order valence-electron chi connectivity index (χ4n) is 2.60. The van der Waals surface area contributed by atoms with Gasteiger partial charge in [0, 0.05) is 6.61 Å². The Balaban J connectivity index is 2.08. The molecule has 100 valence electrons. The molecule has 1 heterocycles. The molecule has 1 aromatic heterocycles. The Morgan fingerprint density at radius 3 is 2.67 bits per heavy atom. The summed E-state index contributed by atoms with van der Waals surface area (Å²) in [7, 11) is 1.69. The van der Waals surface area contributed by atoms with Gasteiger partial charge in [-0.2, -0.15) is 4.80 Å². The maximum absolute atomic E-state index is 12.4. The number of rotatable bonds is 5. The van der Waals surface area contributed by atoms with Crippen LogP contribution in [0, 0.1) is 0 Å². The average molecular weight is 252 g/mol. The zero-order valence-corrected chi connectivity index (χ0v) is 11.1. The molecule has 6 heteroatoms. The van der Waals surface area contributed by atoms with Crippen LogP contribution in [0.1, 0.15) is 44.9 Å². The summed E-state index contributed by atoms with van der Waals surface area (Å²) >= 11 is 0. The van der Waals surface area contributed by atoms with E-state index in [0.717, 1.165) is 25.7 Å². The Kier molecular flexibility index (Phi) is 4.06. The van der Waals surface area contributed by atoms with Crippen LogP contribution in [-0.2, 0) is 23.0 Å². The number of ketones is 1. The first-order valence-corrected chi connectivity index (χ1v) is 6.56. The molecule has 1 aliphatic rings. The van der Waals surface area contributed by atoms with Gasteiger partial charge in [-0.1, -0.05) is 19.3 Å². The molecule has 0 radical (unpaired) electrons. The van der Waals surface area contributed by atoms with Crippen molar-refractivity contribution in [3.8, 4) is 0 Å². The smallest absolute Gasteiger partial charge is 0.182 e. The molecule has 6 nitrogen and oxygen atoms in total. The minimum absolute atomic E-state index is 0.0945. The Bertz CT molecular complexity index is 404. The number of hydrogen-bond donors (Lipinski definition) is 0. The van der Waals surface area contributed by atoms with E-state index >= 15 is 0 Å². The fourth-order valence-corrected chi connectivity index (χ4v) is 2.60. The van der Waals surface area contributed by atoms with Gasteiger partial charge in [0.05, 0.1) is 13.5 Å². The van der Waals surface area contributed by atoms with Gasteiger partial charge >= 0.3 is 0 Å². The van der Waals surface area contributed by atoms with E-state index in [1.807, 2.05) is 6.92 Å². The van der Waals surface area contributed by atoms with Crippen LogP contribution in [-0.4, -0.2) is 38.2 Å². The van der Waals surface area contributed by atoms with Crippen molar-refractivity contribution in [1.29, 1.82) is 0 Å². The second-order valence-electron chi connectivity index (χ2n) is 4.78. The molecule has 1 fully saturated rings. The van der Waals surface area contributed by atoms with Gasteiger partial charge in [0.2, 0.25) is 0 Å². The monoisotopic (exact) mass is 252 g/mol. The summed E-state index contributed by atoms with van der Waals surface area (Å²) in [6.07, 6.45) is 5.15. The number of carbonyl (C=O) groups excluding carboxylic acids is 1. The van der Waals surface area contributed by atoms with Crippen molar-refractivity contribution >= 4 is 5.78 Å². The highest BCUT2D eigenvalue weighted by Crippen LogP contribution is 2.33. The van der Waals surface area contributed by atoms with Gasteiger partial charge in [-0.05, 0) is 25.0 Å². The predicted octanol–water partition coefficient (Wildman–Crippen LogP) is 1.06. The molecule has 0 spiro atoms. The largest absolute Gasteiger partial charge is 0.367 e. The Morgan fingerprint density at radius 2 is 2.11 bits per heavy atom. The van der Waals surface area contributed by atoms with Crippen molar-refractivity contribution in [3.63, 3.8) is 0 Å². The third kappa shape index (κ3) is 2.75. The van der Waals surface area contributed by atoms with Crippen LogP contribution < -0.4 is 0 Å². The van der Waals surface area contributed by atoms with Gasteiger partial charge in [0.25, 0.3) is 0 Å². The van der Waals surface area contributed by atoms with E-state index < -0.39 is 5.60 Å². The first-order valence-electron chi connectivity index (χ1n) is 6.56. The molecule has 1 aliphatic carbocycles. The third-order valence-corrected chi connectivity index (χ3v) is 3.46. The number of tetrazole rings is 1. The predicted molar refractivity (Wildman–Crippen MR) is 65.0 cm³/mol. The van der Waals surface area contributed by atoms with Crippen LogP contribution in [0.3, 0.4) is 0 Å². The molecule has 2 rings (SSSR count). The molecule has 0 atom stereocenters. The van der Waals surface area contributed by atoms with Crippen LogP contribution in [0.2, 0.25) is 0 Å². The number of aryl methyl sites for hydroxylation is 1. The molecule has 1 aromatic rings. The van der Waals surface area contributed by atoms with Gasteiger partial charge in [0.1, 0.15) is 5.60 Å². The molecule has 18 heavy (non-hydrogen) atoms. The highest BCUT2D eigenvalue weighted by atomic mass is 16.5. The van der Waals surface area contributed by atoms with E-state index in [2.05, 4.69) is 15.4 Å². The lowest BCUT2D eigenvalue weighted by Crippen LogP contribution is -2.44. The van der Waals surface area contributed by atoms with Crippen LogP contribution in [0.4, 0.5) is 0 Å².